The summed E-state index contributed by atoms with van der Waals surface area (Å²) in [6.07, 6.45) is 0. The van der Waals surface area contributed by atoms with Crippen LogP contribution >= 0.6 is 27.5 Å². The summed E-state index contributed by atoms with van der Waals surface area (Å²) in [6, 6.07) is 12.3. The van der Waals surface area contributed by atoms with Gasteiger partial charge in [-0.15, -0.1) is 0 Å². The van der Waals surface area contributed by atoms with Crippen LogP contribution in [0.5, 0.6) is 5.75 Å². The van der Waals surface area contributed by atoms with E-state index in [4.69, 9.17) is 21.0 Å². The van der Waals surface area contributed by atoms with Crippen LogP contribution in [-0.4, -0.2) is 8.42 Å². The molecule has 0 heterocycles. The van der Waals surface area contributed by atoms with Crippen molar-refractivity contribution in [2.45, 2.75) is 4.90 Å². The van der Waals surface area contributed by atoms with Crippen molar-refractivity contribution in [3.05, 3.63) is 57.5 Å². The number of rotatable bonds is 3. The summed E-state index contributed by atoms with van der Waals surface area (Å²) in [5.74, 6) is -0.0333. The molecule has 0 saturated heterocycles. The van der Waals surface area contributed by atoms with Crippen molar-refractivity contribution in [3.63, 3.8) is 0 Å². The highest BCUT2D eigenvalue weighted by Gasteiger charge is 2.21. The topological polar surface area (TPSA) is 67.2 Å². The summed E-state index contributed by atoms with van der Waals surface area (Å²) in [6.45, 7) is 0. The lowest BCUT2D eigenvalue weighted by Gasteiger charge is -2.09. The van der Waals surface area contributed by atoms with Gasteiger partial charge in [0.2, 0.25) is 0 Å². The van der Waals surface area contributed by atoms with Gasteiger partial charge in [-0.1, -0.05) is 39.7 Å². The van der Waals surface area contributed by atoms with Gasteiger partial charge >= 0.3 is 10.1 Å². The lowest BCUT2D eigenvalue weighted by Crippen LogP contribution is -2.11. The molecule has 0 radical (unpaired) electrons. The first-order chi connectivity index (χ1) is 9.44. The van der Waals surface area contributed by atoms with Crippen LogP contribution in [0.4, 0.5) is 0 Å². The zero-order valence-corrected chi connectivity index (χ0v) is 13.0. The number of benzene rings is 2. The number of hydrogen-bond acceptors (Lipinski definition) is 4. The van der Waals surface area contributed by atoms with E-state index in [0.29, 0.717) is 4.47 Å². The van der Waals surface area contributed by atoms with Gasteiger partial charge in [-0.3, -0.25) is 0 Å². The lowest BCUT2D eigenvalue weighted by atomic mass is 10.2. The van der Waals surface area contributed by atoms with E-state index in [1.807, 2.05) is 6.07 Å². The van der Waals surface area contributed by atoms with Gasteiger partial charge in [0.15, 0.2) is 5.75 Å². The van der Waals surface area contributed by atoms with Gasteiger partial charge < -0.3 is 4.18 Å². The summed E-state index contributed by atoms with van der Waals surface area (Å²) in [7, 11) is -4.10. The van der Waals surface area contributed by atoms with Crippen molar-refractivity contribution in [2.24, 2.45) is 0 Å². The van der Waals surface area contributed by atoms with E-state index >= 15 is 0 Å². The molecule has 0 fully saturated rings. The molecule has 0 aliphatic heterocycles. The first-order valence-electron chi connectivity index (χ1n) is 5.33. The number of halogens is 2. The average Bonchev–Trinajstić information content (AvgIpc) is 2.38. The van der Waals surface area contributed by atoms with Gasteiger partial charge in [0.05, 0.1) is 10.6 Å². The van der Waals surface area contributed by atoms with Gasteiger partial charge in [0.1, 0.15) is 11.0 Å². The largest absolute Gasteiger partial charge is 0.378 e. The molecular weight excluding hydrogens is 366 g/mol. The third-order valence-electron chi connectivity index (χ3n) is 2.37. The Labute approximate surface area is 129 Å². The monoisotopic (exact) mass is 371 g/mol. The molecule has 0 unspecified atom stereocenters. The van der Waals surface area contributed by atoms with Crippen LogP contribution < -0.4 is 4.18 Å². The Balaban J connectivity index is 2.44. The molecule has 2 aromatic rings. The molecule has 0 aromatic heterocycles. The maximum absolute atomic E-state index is 12.2. The van der Waals surface area contributed by atoms with Crippen LogP contribution in [-0.2, 0) is 10.1 Å². The Bertz CT molecular complexity index is 800. The van der Waals surface area contributed by atoms with E-state index in [9.17, 15) is 8.42 Å². The van der Waals surface area contributed by atoms with Crippen molar-refractivity contribution in [3.8, 4) is 11.8 Å². The molecule has 0 atom stereocenters. The molecule has 0 N–H and O–H groups in total. The van der Waals surface area contributed by atoms with Gasteiger partial charge in [0, 0.05) is 4.47 Å². The standard InChI is InChI=1S/C13H7BrClNO3S/c14-10-5-6-13(11(15)7-10)20(17,18)19-12-4-2-1-3-9(12)8-16/h1-7H. The van der Waals surface area contributed by atoms with Crippen LogP contribution in [0.1, 0.15) is 5.56 Å². The predicted molar refractivity (Wildman–Crippen MR) is 78.1 cm³/mol. The van der Waals surface area contributed by atoms with Crippen LogP contribution in [0.25, 0.3) is 0 Å². The number of para-hydroxylation sites is 1. The van der Waals surface area contributed by atoms with Crippen molar-refractivity contribution in [2.75, 3.05) is 0 Å². The summed E-state index contributed by atoms with van der Waals surface area (Å²) >= 11 is 9.09. The SMILES string of the molecule is N#Cc1ccccc1OS(=O)(=O)c1ccc(Br)cc1Cl. The predicted octanol–water partition coefficient (Wildman–Crippen LogP) is 3.74. The summed E-state index contributed by atoms with van der Waals surface area (Å²) < 4.78 is 30.0. The average molecular weight is 373 g/mol. The molecule has 2 aromatic carbocycles. The molecule has 0 aliphatic carbocycles. The second-order valence-electron chi connectivity index (χ2n) is 3.72. The number of nitriles is 1. The number of hydrogen-bond donors (Lipinski definition) is 0. The summed E-state index contributed by atoms with van der Waals surface area (Å²) in [4.78, 5) is -0.157. The van der Waals surface area contributed by atoms with E-state index < -0.39 is 10.1 Å². The minimum Gasteiger partial charge on any atom is -0.378 e. The highest BCUT2D eigenvalue weighted by Crippen LogP contribution is 2.28. The highest BCUT2D eigenvalue weighted by atomic mass is 79.9. The quantitative estimate of drug-likeness (QED) is 0.770. The fourth-order valence-electron chi connectivity index (χ4n) is 1.47. The second kappa shape index (κ2) is 5.83. The van der Waals surface area contributed by atoms with E-state index in [2.05, 4.69) is 15.9 Å². The Morgan fingerprint density at radius 1 is 1.20 bits per heavy atom. The Hall–Kier alpha value is -1.55. The van der Waals surface area contributed by atoms with Gasteiger partial charge in [-0.25, -0.2) is 0 Å². The molecule has 2 rings (SSSR count). The zero-order chi connectivity index (χ0) is 14.8. The molecule has 0 bridgehead atoms. The first-order valence-corrected chi connectivity index (χ1v) is 7.90. The van der Waals surface area contributed by atoms with Crippen molar-refractivity contribution < 1.29 is 12.6 Å². The smallest absolute Gasteiger partial charge is 0.340 e. The van der Waals surface area contributed by atoms with Crippen molar-refractivity contribution in [1.82, 2.24) is 0 Å². The maximum atomic E-state index is 12.2. The van der Waals surface area contributed by atoms with E-state index in [0.717, 1.165) is 0 Å². The molecule has 102 valence electrons. The van der Waals surface area contributed by atoms with Crippen LogP contribution in [0, 0.1) is 11.3 Å². The minimum atomic E-state index is -4.10. The zero-order valence-electron chi connectivity index (χ0n) is 9.88. The molecule has 0 spiro atoms. The van der Waals surface area contributed by atoms with Crippen LogP contribution in [0.2, 0.25) is 5.02 Å². The molecule has 0 amide bonds. The third-order valence-corrected chi connectivity index (χ3v) is 4.58. The molecule has 0 aliphatic rings. The van der Waals surface area contributed by atoms with Gasteiger partial charge in [-0.2, -0.15) is 13.7 Å². The normalized spacial score (nSPS) is 10.8. The molecular formula is C13H7BrClNO3S. The van der Waals surface area contributed by atoms with Crippen molar-refractivity contribution >= 4 is 37.6 Å². The first kappa shape index (κ1) is 14.9. The van der Waals surface area contributed by atoms with Crippen LogP contribution in [0.15, 0.2) is 51.8 Å². The van der Waals surface area contributed by atoms with E-state index in [-0.39, 0.29) is 21.2 Å². The second-order valence-corrected chi connectivity index (χ2v) is 6.56. The Morgan fingerprint density at radius 3 is 2.55 bits per heavy atom. The number of nitrogens with zero attached hydrogens (tertiary/aromatic N) is 1. The molecule has 7 heteroatoms. The molecule has 0 saturated carbocycles. The Kier molecular flexibility index (Phi) is 4.33. The fraction of sp³-hybridized carbons (Fsp3) is 0. The minimum absolute atomic E-state index is 0.0333. The van der Waals surface area contributed by atoms with E-state index in [1.165, 1.54) is 24.3 Å². The Morgan fingerprint density at radius 2 is 1.90 bits per heavy atom. The molecule has 4 nitrogen and oxygen atoms in total. The summed E-state index contributed by atoms with van der Waals surface area (Å²) in [5, 5.41) is 8.96. The van der Waals surface area contributed by atoms with Gasteiger partial charge in [-0.05, 0) is 30.3 Å². The fourth-order valence-corrected chi connectivity index (χ4v) is 3.43. The summed E-state index contributed by atoms with van der Waals surface area (Å²) in [5.41, 5.74) is 0.129. The van der Waals surface area contributed by atoms with Gasteiger partial charge in [0.25, 0.3) is 0 Å². The third kappa shape index (κ3) is 3.12. The maximum Gasteiger partial charge on any atom is 0.340 e. The lowest BCUT2D eigenvalue weighted by molar-refractivity contribution is 0.485. The van der Waals surface area contributed by atoms with Crippen molar-refractivity contribution in [1.29, 1.82) is 5.26 Å². The van der Waals surface area contributed by atoms with E-state index in [1.54, 1.807) is 18.2 Å². The highest BCUT2D eigenvalue weighted by molar-refractivity contribution is 9.10. The molecule has 20 heavy (non-hydrogen) atoms. The van der Waals surface area contributed by atoms with Crippen LogP contribution in [0.3, 0.4) is 0 Å².